The number of anilines is 1. The van der Waals surface area contributed by atoms with E-state index in [2.05, 4.69) is 16.1 Å². The lowest BCUT2D eigenvalue weighted by molar-refractivity contribution is 0.358. The van der Waals surface area contributed by atoms with Crippen LogP contribution in [-0.2, 0) is 22.9 Å². The van der Waals surface area contributed by atoms with Crippen LogP contribution in [0.1, 0.15) is 17.5 Å². The predicted octanol–water partition coefficient (Wildman–Crippen LogP) is 1.41. The summed E-state index contributed by atoms with van der Waals surface area (Å²) in [6, 6.07) is 3.78. The minimum atomic E-state index is -3.29. The molecule has 0 radical (unpaired) electrons. The second-order valence-electron chi connectivity index (χ2n) is 5.17. The average molecular weight is 294 g/mol. The topological polar surface area (TPSA) is 67.4 Å². The van der Waals surface area contributed by atoms with E-state index in [9.17, 15) is 8.42 Å². The fraction of sp³-hybridized carbons (Fsp3) is 0.429. The van der Waals surface area contributed by atoms with Gasteiger partial charge in [-0.2, -0.15) is 0 Å². The molecule has 0 aliphatic carbocycles. The van der Waals surface area contributed by atoms with E-state index < -0.39 is 10.0 Å². The van der Waals surface area contributed by atoms with Crippen molar-refractivity contribution in [2.24, 2.45) is 0 Å². The van der Waals surface area contributed by atoms with Gasteiger partial charge in [0.2, 0.25) is 10.0 Å². The number of sulfonamides is 1. The van der Waals surface area contributed by atoms with Crippen LogP contribution >= 0.6 is 0 Å². The number of fused-ring (bicyclic) bond motifs is 1. The van der Waals surface area contributed by atoms with Crippen LogP contribution in [0.5, 0.6) is 5.75 Å². The molecule has 6 heteroatoms. The lowest BCUT2D eigenvalue weighted by atomic mass is 10.00. The van der Waals surface area contributed by atoms with E-state index in [0.29, 0.717) is 18.0 Å². The molecule has 2 N–H and O–H groups in total. The third kappa shape index (κ3) is 2.75. The zero-order chi connectivity index (χ0) is 14.2. The summed E-state index contributed by atoms with van der Waals surface area (Å²) < 4.78 is 30.9. The molecule has 108 valence electrons. The third-order valence-electron chi connectivity index (χ3n) is 3.52. The Bertz CT molecular complexity index is 665. The van der Waals surface area contributed by atoms with E-state index in [-0.39, 0.29) is 0 Å². The molecule has 2 aliphatic heterocycles. The zero-order valence-electron chi connectivity index (χ0n) is 11.4. The highest BCUT2D eigenvalue weighted by Gasteiger charge is 2.22. The van der Waals surface area contributed by atoms with Gasteiger partial charge in [0.1, 0.15) is 5.75 Å². The Morgan fingerprint density at radius 1 is 1.40 bits per heavy atom. The van der Waals surface area contributed by atoms with E-state index >= 15 is 0 Å². The number of hydrogen-bond acceptors (Lipinski definition) is 4. The molecule has 0 saturated heterocycles. The molecule has 0 bridgehead atoms. The maximum atomic E-state index is 11.4. The van der Waals surface area contributed by atoms with Crippen LogP contribution in [0.3, 0.4) is 0 Å². The highest BCUT2D eigenvalue weighted by molar-refractivity contribution is 7.92. The van der Waals surface area contributed by atoms with E-state index in [1.54, 1.807) is 6.07 Å². The fourth-order valence-electron chi connectivity index (χ4n) is 2.70. The number of rotatable bonds is 4. The van der Waals surface area contributed by atoms with Gasteiger partial charge in [-0.3, -0.25) is 4.72 Å². The van der Waals surface area contributed by atoms with Gasteiger partial charge in [-0.25, -0.2) is 8.42 Å². The van der Waals surface area contributed by atoms with E-state index in [0.717, 1.165) is 37.6 Å². The number of allylic oxidation sites excluding steroid dienone is 1. The Balaban J connectivity index is 1.92. The second kappa shape index (κ2) is 5.01. The van der Waals surface area contributed by atoms with Crippen molar-refractivity contribution < 1.29 is 13.2 Å². The quantitative estimate of drug-likeness (QED) is 0.881. The lowest BCUT2D eigenvalue weighted by Crippen LogP contribution is -2.12. The second-order valence-corrected chi connectivity index (χ2v) is 6.92. The smallest absolute Gasteiger partial charge is 0.229 e. The molecule has 0 amide bonds. The minimum Gasteiger partial charge on any atom is -0.491 e. The molecule has 2 aliphatic rings. The van der Waals surface area contributed by atoms with Crippen molar-refractivity contribution in [3.8, 4) is 5.75 Å². The average Bonchev–Trinajstić information content (AvgIpc) is 3.01. The summed E-state index contributed by atoms with van der Waals surface area (Å²) in [6.07, 6.45) is 6.12. The van der Waals surface area contributed by atoms with Crippen LogP contribution < -0.4 is 14.8 Å². The van der Waals surface area contributed by atoms with Crippen LogP contribution in [-0.4, -0.2) is 27.8 Å². The number of nitrogens with one attached hydrogen (secondary N) is 2. The van der Waals surface area contributed by atoms with Gasteiger partial charge in [0.05, 0.1) is 18.6 Å². The molecule has 0 unspecified atom stereocenters. The van der Waals surface area contributed by atoms with E-state index in [1.165, 1.54) is 11.3 Å². The first-order chi connectivity index (χ1) is 9.53. The molecule has 1 aromatic rings. The molecule has 3 rings (SSSR count). The fourth-order valence-corrected chi connectivity index (χ4v) is 3.26. The highest BCUT2D eigenvalue weighted by Crippen LogP contribution is 2.37. The van der Waals surface area contributed by atoms with Crippen molar-refractivity contribution >= 4 is 15.7 Å². The van der Waals surface area contributed by atoms with Gasteiger partial charge in [-0.15, -0.1) is 0 Å². The van der Waals surface area contributed by atoms with Crippen LogP contribution in [0.4, 0.5) is 5.69 Å². The zero-order valence-corrected chi connectivity index (χ0v) is 12.2. The summed E-state index contributed by atoms with van der Waals surface area (Å²) in [5.74, 6) is 0.687. The number of benzene rings is 1. The number of hydrogen-bond donors (Lipinski definition) is 2. The normalized spacial score (nSPS) is 17.1. The molecule has 0 fully saturated rings. The van der Waals surface area contributed by atoms with Crippen molar-refractivity contribution in [2.75, 3.05) is 24.1 Å². The first kappa shape index (κ1) is 13.3. The van der Waals surface area contributed by atoms with Crippen molar-refractivity contribution in [2.45, 2.75) is 19.3 Å². The molecular formula is C14H18N2O3S. The summed E-state index contributed by atoms with van der Waals surface area (Å²) in [7, 11) is -3.29. The van der Waals surface area contributed by atoms with Crippen LogP contribution in [0, 0.1) is 0 Å². The number of ether oxygens (including phenoxy) is 1. The van der Waals surface area contributed by atoms with Gasteiger partial charge in [0.25, 0.3) is 0 Å². The Morgan fingerprint density at radius 3 is 2.95 bits per heavy atom. The molecule has 2 heterocycles. The van der Waals surface area contributed by atoms with Gasteiger partial charge in [-0.1, -0.05) is 12.1 Å². The Morgan fingerprint density at radius 2 is 2.25 bits per heavy atom. The molecule has 0 aromatic heterocycles. The van der Waals surface area contributed by atoms with Gasteiger partial charge < -0.3 is 10.1 Å². The van der Waals surface area contributed by atoms with Crippen molar-refractivity contribution in [3.63, 3.8) is 0 Å². The maximum Gasteiger partial charge on any atom is 0.229 e. The summed E-state index contributed by atoms with van der Waals surface area (Å²) in [5.41, 5.74) is 4.10. The van der Waals surface area contributed by atoms with Gasteiger partial charge in [-0.05, 0) is 18.1 Å². The van der Waals surface area contributed by atoms with Gasteiger partial charge in [0, 0.05) is 30.6 Å². The summed E-state index contributed by atoms with van der Waals surface area (Å²) in [5, 5.41) is 3.36. The molecule has 20 heavy (non-hydrogen) atoms. The summed E-state index contributed by atoms with van der Waals surface area (Å²) in [4.78, 5) is 0. The predicted molar refractivity (Wildman–Crippen MR) is 78.5 cm³/mol. The first-order valence-corrected chi connectivity index (χ1v) is 8.60. The monoisotopic (exact) mass is 294 g/mol. The van der Waals surface area contributed by atoms with Crippen LogP contribution in [0.25, 0.3) is 0 Å². The standard InChI is InChI=1S/C14H18N2O3S/c1-20(17,18)16-13-5-4-10(9-11-3-2-7-15-11)12-6-8-19-14(12)13/h3-5,15-16H,2,6-9H2,1H3. The van der Waals surface area contributed by atoms with E-state index in [1.807, 2.05) is 6.07 Å². The minimum absolute atomic E-state index is 0.539. The SMILES string of the molecule is CS(=O)(=O)Nc1ccc(CC2=CCCN2)c2c1OCC2. The first-order valence-electron chi connectivity index (χ1n) is 6.71. The van der Waals surface area contributed by atoms with Gasteiger partial charge >= 0.3 is 0 Å². The molecule has 0 saturated carbocycles. The summed E-state index contributed by atoms with van der Waals surface area (Å²) in [6.45, 7) is 1.61. The Labute approximate surface area is 119 Å². The van der Waals surface area contributed by atoms with Crippen molar-refractivity contribution in [3.05, 3.63) is 35.0 Å². The summed E-state index contributed by atoms with van der Waals surface area (Å²) >= 11 is 0. The lowest BCUT2D eigenvalue weighted by Gasteiger charge is -2.13. The molecule has 1 aromatic carbocycles. The third-order valence-corrected chi connectivity index (χ3v) is 4.11. The Kier molecular flexibility index (Phi) is 3.33. The molecular weight excluding hydrogens is 276 g/mol. The maximum absolute atomic E-state index is 11.4. The molecule has 0 spiro atoms. The van der Waals surface area contributed by atoms with Crippen LogP contribution in [0.15, 0.2) is 23.9 Å². The Hall–Kier alpha value is -1.69. The molecule has 0 atom stereocenters. The van der Waals surface area contributed by atoms with Gasteiger partial charge in [0.15, 0.2) is 0 Å². The van der Waals surface area contributed by atoms with Crippen LogP contribution in [0.2, 0.25) is 0 Å². The highest BCUT2D eigenvalue weighted by atomic mass is 32.2. The molecule has 5 nitrogen and oxygen atoms in total. The largest absolute Gasteiger partial charge is 0.491 e. The van der Waals surface area contributed by atoms with E-state index in [4.69, 9.17) is 4.74 Å². The van der Waals surface area contributed by atoms with Crippen molar-refractivity contribution in [1.82, 2.24) is 5.32 Å². The van der Waals surface area contributed by atoms with Crippen molar-refractivity contribution in [1.29, 1.82) is 0 Å².